The molecule has 1 amide bonds. The zero-order valence-electron chi connectivity index (χ0n) is 20.5. The van der Waals surface area contributed by atoms with Crippen molar-refractivity contribution in [3.8, 4) is 11.3 Å². The van der Waals surface area contributed by atoms with E-state index in [-0.39, 0.29) is 23.8 Å². The van der Waals surface area contributed by atoms with Gasteiger partial charge in [-0.05, 0) is 37.6 Å². The van der Waals surface area contributed by atoms with Crippen LogP contribution >= 0.6 is 0 Å². The molecule has 0 radical (unpaired) electrons. The molecule has 180 valence electrons. The predicted molar refractivity (Wildman–Crippen MR) is 134 cm³/mol. The molecule has 0 saturated heterocycles. The number of hydrogen-bond acceptors (Lipinski definition) is 7. The predicted octanol–water partition coefficient (Wildman–Crippen LogP) is 4.39. The first-order valence-electron chi connectivity index (χ1n) is 11.2. The summed E-state index contributed by atoms with van der Waals surface area (Å²) < 4.78 is 10.7. The molecule has 0 bridgehead atoms. The average molecular weight is 473 g/mol. The van der Waals surface area contributed by atoms with Crippen molar-refractivity contribution >= 4 is 28.7 Å². The number of anilines is 1. The van der Waals surface area contributed by atoms with Gasteiger partial charge in [0.2, 0.25) is 0 Å². The summed E-state index contributed by atoms with van der Waals surface area (Å²) >= 11 is 0. The van der Waals surface area contributed by atoms with Gasteiger partial charge in [0.1, 0.15) is 0 Å². The summed E-state index contributed by atoms with van der Waals surface area (Å²) in [5.41, 5.74) is 5.60. The minimum Gasteiger partial charge on any atom is -0.452 e. The fourth-order valence-electron chi connectivity index (χ4n) is 3.70. The number of nitrogens with zero attached hydrogens (tertiary/aromatic N) is 4. The Hall–Kier alpha value is -4.20. The highest BCUT2D eigenvalue weighted by Crippen LogP contribution is 2.28. The van der Waals surface area contributed by atoms with Crippen molar-refractivity contribution in [1.29, 1.82) is 0 Å². The number of carbonyl (C=O) groups excluding carboxylic acids is 2. The van der Waals surface area contributed by atoms with E-state index < -0.39 is 5.97 Å². The second-order valence-corrected chi connectivity index (χ2v) is 8.76. The van der Waals surface area contributed by atoms with Gasteiger partial charge in [0.05, 0.1) is 22.3 Å². The number of rotatable bonds is 7. The number of fused-ring (bicyclic) bond motifs is 1. The maximum absolute atomic E-state index is 13.0. The zero-order chi connectivity index (χ0) is 25.1. The van der Waals surface area contributed by atoms with Crippen LogP contribution in [0.15, 0.2) is 59.1 Å². The molecule has 35 heavy (non-hydrogen) atoms. The molecule has 0 N–H and O–H groups in total. The van der Waals surface area contributed by atoms with E-state index in [1.54, 1.807) is 20.0 Å². The highest BCUT2D eigenvalue weighted by atomic mass is 16.5. The first-order valence-corrected chi connectivity index (χ1v) is 11.2. The molecule has 0 atom stereocenters. The van der Waals surface area contributed by atoms with Crippen LogP contribution in [0.4, 0.5) is 5.69 Å². The van der Waals surface area contributed by atoms with Crippen LogP contribution in [0.2, 0.25) is 0 Å². The quantitative estimate of drug-likeness (QED) is 0.369. The number of aromatic nitrogens is 2. The lowest BCUT2D eigenvalue weighted by molar-refractivity contribution is -0.133. The Morgan fingerprint density at radius 2 is 1.66 bits per heavy atom. The Kier molecular flexibility index (Phi) is 6.82. The highest BCUT2D eigenvalue weighted by molar-refractivity contribution is 6.04. The summed E-state index contributed by atoms with van der Waals surface area (Å²) in [6.45, 7) is 3.76. The van der Waals surface area contributed by atoms with Crippen LogP contribution in [-0.4, -0.2) is 54.7 Å². The first-order chi connectivity index (χ1) is 16.7. The smallest absolute Gasteiger partial charge is 0.339 e. The van der Waals surface area contributed by atoms with Crippen molar-refractivity contribution in [1.82, 2.24) is 15.0 Å². The topological polar surface area (TPSA) is 88.8 Å². The fraction of sp³-hybridized carbons (Fsp3) is 0.259. The van der Waals surface area contributed by atoms with E-state index in [9.17, 15) is 9.59 Å². The van der Waals surface area contributed by atoms with Crippen LogP contribution in [0.25, 0.3) is 22.4 Å². The third-order valence-corrected chi connectivity index (χ3v) is 5.81. The van der Waals surface area contributed by atoms with E-state index in [0.717, 1.165) is 22.4 Å². The van der Waals surface area contributed by atoms with Gasteiger partial charge in [-0.1, -0.05) is 47.1 Å². The van der Waals surface area contributed by atoms with Crippen molar-refractivity contribution in [3.63, 3.8) is 0 Å². The molecule has 0 unspecified atom stereocenters. The number of benzene rings is 2. The van der Waals surface area contributed by atoms with Crippen molar-refractivity contribution in [2.24, 2.45) is 0 Å². The van der Waals surface area contributed by atoms with E-state index in [0.29, 0.717) is 23.3 Å². The summed E-state index contributed by atoms with van der Waals surface area (Å²) in [5.74, 6) is -0.935. The zero-order valence-corrected chi connectivity index (χ0v) is 20.5. The SMILES string of the molecule is Cc1ccc(-c2cc(C(=O)OCC(=O)N(C)Cc3ccc(N(C)C)cc3)c3c(C)noc3n2)cc1. The molecule has 2 aromatic heterocycles. The summed E-state index contributed by atoms with van der Waals surface area (Å²) in [4.78, 5) is 33.7. The van der Waals surface area contributed by atoms with Gasteiger partial charge in [0.15, 0.2) is 6.61 Å². The molecule has 0 aliphatic rings. The highest BCUT2D eigenvalue weighted by Gasteiger charge is 2.22. The second kappa shape index (κ2) is 9.97. The molecular weight excluding hydrogens is 444 g/mol. The van der Waals surface area contributed by atoms with Crippen LogP contribution in [0.1, 0.15) is 27.2 Å². The lowest BCUT2D eigenvalue weighted by atomic mass is 10.0. The number of pyridine rings is 1. The number of ether oxygens (including phenoxy) is 1. The van der Waals surface area contributed by atoms with Crippen molar-refractivity contribution in [2.75, 3.05) is 32.6 Å². The molecule has 2 heterocycles. The number of likely N-dealkylation sites (N-methyl/N-ethyl adjacent to an activating group) is 1. The lowest BCUT2D eigenvalue weighted by Gasteiger charge is -2.18. The summed E-state index contributed by atoms with van der Waals surface area (Å²) in [6.07, 6.45) is 0. The van der Waals surface area contributed by atoms with Crippen LogP contribution in [0.3, 0.4) is 0 Å². The van der Waals surface area contributed by atoms with E-state index in [4.69, 9.17) is 9.26 Å². The van der Waals surface area contributed by atoms with Gasteiger partial charge in [0, 0.05) is 38.9 Å². The molecule has 4 aromatic rings. The molecule has 8 heteroatoms. The summed E-state index contributed by atoms with van der Waals surface area (Å²) in [6, 6.07) is 17.4. The molecular formula is C27H28N4O4. The maximum atomic E-state index is 13.0. The number of hydrogen-bond donors (Lipinski definition) is 0. The van der Waals surface area contributed by atoms with Crippen LogP contribution in [0, 0.1) is 13.8 Å². The van der Waals surface area contributed by atoms with E-state index in [1.807, 2.05) is 74.4 Å². The standard InChI is InChI=1S/C27H28N4O4/c1-17-6-10-20(11-7-17)23-14-22(25-18(2)29-35-26(25)28-23)27(33)34-16-24(32)31(5)15-19-8-12-21(13-9-19)30(3)4/h6-14H,15-16H2,1-5H3. The van der Waals surface area contributed by atoms with Gasteiger partial charge in [0.25, 0.3) is 11.6 Å². The van der Waals surface area contributed by atoms with E-state index in [2.05, 4.69) is 10.1 Å². The van der Waals surface area contributed by atoms with Gasteiger partial charge in [-0.25, -0.2) is 9.78 Å². The van der Waals surface area contributed by atoms with Crippen LogP contribution in [0.5, 0.6) is 0 Å². The molecule has 2 aromatic carbocycles. The Balaban J connectivity index is 1.48. The largest absolute Gasteiger partial charge is 0.452 e. The van der Waals surface area contributed by atoms with Gasteiger partial charge in [-0.15, -0.1) is 0 Å². The number of aryl methyl sites for hydroxylation is 2. The normalized spacial score (nSPS) is 10.9. The molecule has 0 fully saturated rings. The van der Waals surface area contributed by atoms with Crippen LogP contribution < -0.4 is 4.90 Å². The van der Waals surface area contributed by atoms with Crippen molar-refractivity contribution in [2.45, 2.75) is 20.4 Å². The van der Waals surface area contributed by atoms with Crippen LogP contribution in [-0.2, 0) is 16.1 Å². The Morgan fingerprint density at radius 3 is 2.31 bits per heavy atom. The Labute approximate surface area is 204 Å². The molecule has 0 aliphatic heterocycles. The molecule has 0 aliphatic carbocycles. The number of carbonyl (C=O) groups is 2. The minimum atomic E-state index is -0.630. The van der Waals surface area contributed by atoms with Crippen molar-refractivity contribution in [3.05, 3.63) is 77.0 Å². The Morgan fingerprint density at radius 1 is 0.971 bits per heavy atom. The van der Waals surface area contributed by atoms with Gasteiger partial charge in [-0.2, -0.15) is 0 Å². The van der Waals surface area contributed by atoms with Crippen molar-refractivity contribution < 1.29 is 18.8 Å². The first kappa shape index (κ1) is 23.9. The maximum Gasteiger partial charge on any atom is 0.339 e. The molecule has 8 nitrogen and oxygen atoms in total. The molecule has 0 saturated carbocycles. The average Bonchev–Trinajstić information content (AvgIpc) is 3.23. The fourth-order valence-corrected chi connectivity index (χ4v) is 3.70. The molecule has 4 rings (SSSR count). The summed E-state index contributed by atoms with van der Waals surface area (Å²) in [5, 5.41) is 4.43. The number of esters is 1. The summed E-state index contributed by atoms with van der Waals surface area (Å²) in [7, 11) is 5.63. The third kappa shape index (κ3) is 5.32. The third-order valence-electron chi connectivity index (χ3n) is 5.81. The van der Waals surface area contributed by atoms with Gasteiger partial charge in [-0.3, -0.25) is 4.79 Å². The van der Waals surface area contributed by atoms with Gasteiger partial charge >= 0.3 is 5.97 Å². The Bertz CT molecular complexity index is 1360. The van der Waals surface area contributed by atoms with E-state index >= 15 is 0 Å². The van der Waals surface area contributed by atoms with E-state index in [1.165, 1.54) is 4.90 Å². The lowest BCUT2D eigenvalue weighted by Crippen LogP contribution is -2.30. The second-order valence-electron chi connectivity index (χ2n) is 8.76. The monoisotopic (exact) mass is 472 g/mol. The number of amides is 1. The molecule has 0 spiro atoms. The minimum absolute atomic E-state index is 0.247. The van der Waals surface area contributed by atoms with Gasteiger partial charge < -0.3 is 19.1 Å².